The summed E-state index contributed by atoms with van der Waals surface area (Å²) in [6.45, 7) is 9.91. The van der Waals surface area contributed by atoms with Crippen molar-refractivity contribution >= 4 is 17.5 Å². The molecule has 1 saturated heterocycles. The number of hydrogen-bond acceptors (Lipinski definition) is 3. The lowest BCUT2D eigenvalue weighted by molar-refractivity contribution is -0.127. The smallest absolute Gasteiger partial charge is 0.223 e. The van der Waals surface area contributed by atoms with Gasteiger partial charge in [-0.3, -0.25) is 9.59 Å². The summed E-state index contributed by atoms with van der Waals surface area (Å²) in [6, 6.07) is 4.16. The molecule has 5 heteroatoms. The van der Waals surface area contributed by atoms with Crippen LogP contribution in [0.3, 0.4) is 0 Å². The molecule has 1 N–H and O–H groups in total. The van der Waals surface area contributed by atoms with Crippen molar-refractivity contribution in [1.82, 2.24) is 5.32 Å². The fourth-order valence-electron chi connectivity index (χ4n) is 3.42. The number of benzene rings is 1. The number of carbonyl (C=O) groups excluding carboxylic acids is 2. The first-order valence-corrected chi connectivity index (χ1v) is 8.61. The van der Waals surface area contributed by atoms with E-state index in [1.165, 1.54) is 5.56 Å². The minimum atomic E-state index is -0.00892. The van der Waals surface area contributed by atoms with Gasteiger partial charge in [0.15, 0.2) is 0 Å². The van der Waals surface area contributed by atoms with E-state index in [9.17, 15) is 9.59 Å². The Hall–Kier alpha value is -1.88. The summed E-state index contributed by atoms with van der Waals surface area (Å²) in [5, 5.41) is 2.97. The third-order valence-corrected chi connectivity index (χ3v) is 4.51. The molecule has 1 aromatic carbocycles. The third kappa shape index (κ3) is 4.57. The number of ether oxygens (including phenoxy) is 1. The van der Waals surface area contributed by atoms with Crippen LogP contribution in [0.25, 0.3) is 0 Å². The highest BCUT2D eigenvalue weighted by Gasteiger charge is 2.22. The number of anilines is 1. The number of amides is 2. The maximum absolute atomic E-state index is 12.2. The van der Waals surface area contributed by atoms with Crippen molar-refractivity contribution in [3.63, 3.8) is 0 Å². The molecule has 132 valence electrons. The molecular weight excluding hydrogens is 304 g/mol. The van der Waals surface area contributed by atoms with Gasteiger partial charge in [0.25, 0.3) is 0 Å². The molecule has 2 amide bonds. The average Bonchev–Trinajstić information content (AvgIpc) is 2.53. The van der Waals surface area contributed by atoms with Gasteiger partial charge in [-0.2, -0.15) is 0 Å². The van der Waals surface area contributed by atoms with Gasteiger partial charge in [0.05, 0.1) is 0 Å². The Kier molecular flexibility index (Phi) is 6.37. The molecule has 1 aromatic rings. The van der Waals surface area contributed by atoms with Crippen molar-refractivity contribution in [3.05, 3.63) is 28.8 Å². The Balaban J connectivity index is 1.99. The molecule has 0 saturated carbocycles. The van der Waals surface area contributed by atoms with E-state index in [-0.39, 0.29) is 17.7 Å². The second-order valence-corrected chi connectivity index (χ2v) is 6.60. The van der Waals surface area contributed by atoms with Gasteiger partial charge in [0, 0.05) is 44.8 Å². The van der Waals surface area contributed by atoms with Crippen molar-refractivity contribution in [3.8, 4) is 0 Å². The second kappa shape index (κ2) is 8.29. The van der Waals surface area contributed by atoms with Crippen LogP contribution in [0.1, 0.15) is 36.5 Å². The Morgan fingerprint density at radius 2 is 1.75 bits per heavy atom. The standard InChI is InChI=1S/C19H28N2O3/c1-13-11-14(2)18(15(3)12-13)21(16(4)22)8-7-20-19(23)17-5-9-24-10-6-17/h11-12,17H,5-10H2,1-4H3,(H,20,23). The molecule has 1 fully saturated rings. The molecule has 0 unspecified atom stereocenters. The Morgan fingerprint density at radius 1 is 1.17 bits per heavy atom. The van der Waals surface area contributed by atoms with Crippen LogP contribution in [0.5, 0.6) is 0 Å². The van der Waals surface area contributed by atoms with Gasteiger partial charge < -0.3 is 15.0 Å². The number of nitrogens with zero attached hydrogens (tertiary/aromatic N) is 1. The zero-order valence-corrected chi connectivity index (χ0v) is 15.1. The summed E-state index contributed by atoms with van der Waals surface area (Å²) in [5.41, 5.74) is 4.30. The summed E-state index contributed by atoms with van der Waals surface area (Å²) in [4.78, 5) is 26.1. The second-order valence-electron chi connectivity index (χ2n) is 6.60. The Labute approximate surface area is 144 Å². The van der Waals surface area contributed by atoms with Crippen LogP contribution in [0.2, 0.25) is 0 Å². The minimum Gasteiger partial charge on any atom is -0.381 e. The lowest BCUT2D eigenvalue weighted by atomic mass is 9.99. The highest BCUT2D eigenvalue weighted by molar-refractivity contribution is 5.93. The molecule has 0 radical (unpaired) electrons. The highest BCUT2D eigenvalue weighted by atomic mass is 16.5. The SMILES string of the molecule is CC(=O)N(CCNC(=O)C1CCOCC1)c1c(C)cc(C)cc1C. The van der Waals surface area contributed by atoms with Crippen LogP contribution < -0.4 is 10.2 Å². The van der Waals surface area contributed by atoms with Gasteiger partial charge in [-0.05, 0) is 44.7 Å². The van der Waals surface area contributed by atoms with Crippen LogP contribution in [-0.2, 0) is 14.3 Å². The topological polar surface area (TPSA) is 58.6 Å². The summed E-state index contributed by atoms with van der Waals surface area (Å²) >= 11 is 0. The predicted octanol–water partition coefficient (Wildman–Crippen LogP) is 2.51. The molecule has 5 nitrogen and oxygen atoms in total. The quantitative estimate of drug-likeness (QED) is 0.901. The van der Waals surface area contributed by atoms with Crippen LogP contribution in [0.15, 0.2) is 12.1 Å². The lowest BCUT2D eigenvalue weighted by Crippen LogP contribution is -2.41. The number of nitrogens with one attached hydrogen (secondary N) is 1. The van der Waals surface area contributed by atoms with Gasteiger partial charge in [-0.25, -0.2) is 0 Å². The average molecular weight is 332 g/mol. The first kappa shape index (κ1) is 18.5. The number of hydrogen-bond donors (Lipinski definition) is 1. The first-order valence-electron chi connectivity index (χ1n) is 8.61. The Morgan fingerprint density at radius 3 is 2.29 bits per heavy atom. The number of rotatable bonds is 5. The van der Waals surface area contributed by atoms with E-state index < -0.39 is 0 Å². The highest BCUT2D eigenvalue weighted by Crippen LogP contribution is 2.26. The largest absolute Gasteiger partial charge is 0.381 e. The molecule has 1 aliphatic rings. The van der Waals surface area contributed by atoms with E-state index in [0.29, 0.717) is 26.3 Å². The van der Waals surface area contributed by atoms with Crippen LogP contribution in [0.4, 0.5) is 5.69 Å². The normalized spacial score (nSPS) is 15.2. The maximum atomic E-state index is 12.2. The van der Waals surface area contributed by atoms with E-state index in [1.807, 2.05) is 13.8 Å². The van der Waals surface area contributed by atoms with E-state index >= 15 is 0 Å². The monoisotopic (exact) mass is 332 g/mol. The van der Waals surface area contributed by atoms with Gasteiger partial charge >= 0.3 is 0 Å². The fraction of sp³-hybridized carbons (Fsp3) is 0.579. The summed E-state index contributed by atoms with van der Waals surface area (Å²) in [6.07, 6.45) is 1.55. The molecule has 24 heavy (non-hydrogen) atoms. The summed E-state index contributed by atoms with van der Waals surface area (Å²) in [7, 11) is 0. The molecule has 0 spiro atoms. The lowest BCUT2D eigenvalue weighted by Gasteiger charge is -2.26. The zero-order valence-electron chi connectivity index (χ0n) is 15.1. The molecule has 0 aromatic heterocycles. The summed E-state index contributed by atoms with van der Waals surface area (Å²) in [5.74, 6) is 0.0943. The van der Waals surface area contributed by atoms with Crippen LogP contribution in [-0.4, -0.2) is 38.1 Å². The predicted molar refractivity (Wildman–Crippen MR) is 95.2 cm³/mol. The van der Waals surface area contributed by atoms with Crippen molar-refractivity contribution in [2.75, 3.05) is 31.2 Å². The van der Waals surface area contributed by atoms with E-state index in [4.69, 9.17) is 4.74 Å². The molecule has 1 aliphatic heterocycles. The zero-order chi connectivity index (χ0) is 17.7. The van der Waals surface area contributed by atoms with Crippen molar-refractivity contribution in [1.29, 1.82) is 0 Å². The van der Waals surface area contributed by atoms with Crippen molar-refractivity contribution in [2.24, 2.45) is 5.92 Å². The molecule has 0 atom stereocenters. The Bertz CT molecular complexity index is 584. The number of carbonyl (C=O) groups is 2. The van der Waals surface area contributed by atoms with E-state index in [2.05, 4.69) is 24.4 Å². The number of aryl methyl sites for hydroxylation is 3. The molecule has 1 heterocycles. The minimum absolute atomic E-state index is 0.00892. The van der Waals surface area contributed by atoms with Gasteiger partial charge in [-0.15, -0.1) is 0 Å². The first-order chi connectivity index (χ1) is 11.4. The maximum Gasteiger partial charge on any atom is 0.223 e. The molecule has 2 rings (SSSR count). The van der Waals surface area contributed by atoms with Gasteiger partial charge in [0.2, 0.25) is 11.8 Å². The molecule has 0 aliphatic carbocycles. The van der Waals surface area contributed by atoms with Crippen molar-refractivity contribution in [2.45, 2.75) is 40.5 Å². The van der Waals surface area contributed by atoms with Crippen LogP contribution in [0, 0.1) is 26.7 Å². The molecular formula is C19H28N2O3. The fourth-order valence-corrected chi connectivity index (χ4v) is 3.42. The third-order valence-electron chi connectivity index (χ3n) is 4.51. The van der Waals surface area contributed by atoms with Crippen LogP contribution >= 0.6 is 0 Å². The summed E-state index contributed by atoms with van der Waals surface area (Å²) < 4.78 is 5.28. The van der Waals surface area contributed by atoms with Gasteiger partial charge in [-0.1, -0.05) is 17.7 Å². The van der Waals surface area contributed by atoms with E-state index in [1.54, 1.807) is 11.8 Å². The molecule has 0 bridgehead atoms. The van der Waals surface area contributed by atoms with Crippen molar-refractivity contribution < 1.29 is 14.3 Å². The van der Waals surface area contributed by atoms with Gasteiger partial charge in [0.1, 0.15) is 0 Å². The van der Waals surface area contributed by atoms with E-state index in [0.717, 1.165) is 29.7 Å².